The average molecular weight is 440 g/mol. The number of likely N-dealkylation sites (tertiary alicyclic amines) is 1. The van der Waals surface area contributed by atoms with Crippen molar-refractivity contribution in [2.45, 2.75) is 30.1 Å². The summed E-state index contributed by atoms with van der Waals surface area (Å²) in [6.07, 6.45) is 3.83. The van der Waals surface area contributed by atoms with Gasteiger partial charge in [-0.25, -0.2) is 18.1 Å². The zero-order valence-corrected chi connectivity index (χ0v) is 18.1. The van der Waals surface area contributed by atoms with Crippen molar-refractivity contribution in [1.29, 1.82) is 0 Å². The lowest BCUT2D eigenvalue weighted by molar-refractivity contribution is -0.132. The van der Waals surface area contributed by atoms with Crippen LogP contribution in [0.3, 0.4) is 0 Å². The van der Waals surface area contributed by atoms with Crippen LogP contribution in [0.1, 0.15) is 30.2 Å². The highest BCUT2D eigenvalue weighted by Gasteiger charge is 2.26. The number of carbonyl (C=O) groups excluding carboxylic acids is 1. The predicted molar refractivity (Wildman–Crippen MR) is 110 cm³/mol. The van der Waals surface area contributed by atoms with E-state index in [4.69, 9.17) is 9.47 Å². The number of aromatic nitrogens is 1. The molecule has 3 rings (SSSR count). The molecular weight excluding hydrogens is 414 g/mol. The third kappa shape index (κ3) is 5.26. The Balaban J connectivity index is 1.55. The molecule has 1 aliphatic heterocycles. The summed E-state index contributed by atoms with van der Waals surface area (Å²) >= 11 is 1.61. The molecule has 1 unspecified atom stereocenters. The van der Waals surface area contributed by atoms with Gasteiger partial charge in [-0.3, -0.25) is 4.79 Å². The Morgan fingerprint density at radius 2 is 2.10 bits per heavy atom. The first kappa shape index (κ1) is 21.5. The summed E-state index contributed by atoms with van der Waals surface area (Å²) in [4.78, 5) is 18.8. The van der Waals surface area contributed by atoms with Gasteiger partial charge in [0.05, 0.1) is 24.1 Å². The monoisotopic (exact) mass is 439 g/mol. The summed E-state index contributed by atoms with van der Waals surface area (Å²) < 4.78 is 37.8. The molecule has 0 aliphatic carbocycles. The Hall–Kier alpha value is -2.17. The molecule has 158 valence electrons. The van der Waals surface area contributed by atoms with Crippen LogP contribution in [0.25, 0.3) is 0 Å². The van der Waals surface area contributed by atoms with Crippen LogP contribution in [-0.2, 0) is 14.8 Å². The lowest BCUT2D eigenvalue weighted by atomic mass is 9.98. The van der Waals surface area contributed by atoms with E-state index in [0.717, 1.165) is 17.8 Å². The van der Waals surface area contributed by atoms with Gasteiger partial charge in [0.2, 0.25) is 15.9 Å². The number of amides is 1. The molecule has 2 heterocycles. The second-order valence-corrected chi connectivity index (χ2v) is 9.41. The van der Waals surface area contributed by atoms with Crippen LogP contribution in [0.5, 0.6) is 11.5 Å². The first-order valence-electron chi connectivity index (χ1n) is 9.33. The smallest absolute Gasteiger partial charge is 0.240 e. The predicted octanol–water partition coefficient (Wildman–Crippen LogP) is 2.23. The zero-order chi connectivity index (χ0) is 20.9. The molecule has 0 radical (unpaired) electrons. The number of hydrogen-bond acceptors (Lipinski definition) is 7. The molecular formula is C19H25N3O5S2. The van der Waals surface area contributed by atoms with Gasteiger partial charge in [0.1, 0.15) is 0 Å². The average Bonchev–Trinajstić information content (AvgIpc) is 3.28. The summed E-state index contributed by atoms with van der Waals surface area (Å²) in [5, 5.41) is 3.00. The Morgan fingerprint density at radius 3 is 2.79 bits per heavy atom. The van der Waals surface area contributed by atoms with Crippen molar-refractivity contribution in [2.75, 3.05) is 33.9 Å². The Labute approximate surface area is 174 Å². The molecule has 1 aromatic heterocycles. The number of piperidine rings is 1. The van der Waals surface area contributed by atoms with E-state index in [1.165, 1.54) is 32.4 Å². The van der Waals surface area contributed by atoms with Gasteiger partial charge >= 0.3 is 0 Å². The molecule has 0 saturated carbocycles. The van der Waals surface area contributed by atoms with E-state index in [1.54, 1.807) is 22.4 Å². The first-order chi connectivity index (χ1) is 13.9. The van der Waals surface area contributed by atoms with E-state index in [9.17, 15) is 13.2 Å². The largest absolute Gasteiger partial charge is 0.493 e. The van der Waals surface area contributed by atoms with Gasteiger partial charge in [-0.15, -0.1) is 11.3 Å². The van der Waals surface area contributed by atoms with Gasteiger partial charge in [0, 0.05) is 49.6 Å². The minimum absolute atomic E-state index is 0.0356. The molecule has 10 heteroatoms. The van der Waals surface area contributed by atoms with Crippen LogP contribution in [0.2, 0.25) is 0 Å². The molecule has 1 aliphatic rings. The summed E-state index contributed by atoms with van der Waals surface area (Å²) in [7, 11) is -0.831. The van der Waals surface area contributed by atoms with Crippen LogP contribution in [0.4, 0.5) is 0 Å². The number of carbonyl (C=O) groups is 1. The summed E-state index contributed by atoms with van der Waals surface area (Å²) in [5.41, 5.74) is 0. The molecule has 0 bridgehead atoms. The highest BCUT2D eigenvalue weighted by Crippen LogP contribution is 2.30. The SMILES string of the molecule is COc1ccc(S(=O)(=O)NCCC(=O)N2CCCC(c3nccs3)C2)cc1OC. The summed E-state index contributed by atoms with van der Waals surface area (Å²) in [6, 6.07) is 4.37. The maximum absolute atomic E-state index is 12.6. The maximum Gasteiger partial charge on any atom is 0.240 e. The molecule has 0 spiro atoms. The van der Waals surface area contributed by atoms with Crippen molar-refractivity contribution >= 4 is 27.3 Å². The van der Waals surface area contributed by atoms with Crippen LogP contribution in [-0.4, -0.2) is 58.1 Å². The van der Waals surface area contributed by atoms with Crippen LogP contribution in [0, 0.1) is 0 Å². The number of sulfonamides is 1. The molecule has 29 heavy (non-hydrogen) atoms. The van der Waals surface area contributed by atoms with Gasteiger partial charge in [0.25, 0.3) is 0 Å². The zero-order valence-electron chi connectivity index (χ0n) is 16.5. The quantitative estimate of drug-likeness (QED) is 0.677. The second kappa shape index (κ2) is 9.55. The summed E-state index contributed by atoms with van der Waals surface area (Å²) in [6.45, 7) is 1.37. The Morgan fingerprint density at radius 1 is 1.31 bits per heavy atom. The van der Waals surface area contributed by atoms with Gasteiger partial charge in [-0.05, 0) is 25.0 Å². The van der Waals surface area contributed by atoms with E-state index < -0.39 is 10.0 Å². The minimum Gasteiger partial charge on any atom is -0.493 e. The van der Waals surface area contributed by atoms with Crippen molar-refractivity contribution in [2.24, 2.45) is 0 Å². The Bertz CT molecular complexity index is 931. The maximum atomic E-state index is 12.6. The highest BCUT2D eigenvalue weighted by atomic mass is 32.2. The van der Waals surface area contributed by atoms with Gasteiger partial charge in [-0.1, -0.05) is 0 Å². The fraction of sp³-hybridized carbons (Fsp3) is 0.474. The van der Waals surface area contributed by atoms with Crippen molar-refractivity contribution in [1.82, 2.24) is 14.6 Å². The van der Waals surface area contributed by atoms with E-state index >= 15 is 0 Å². The normalized spacial score (nSPS) is 17.2. The molecule has 2 aromatic rings. The molecule has 1 saturated heterocycles. The fourth-order valence-corrected chi connectivity index (χ4v) is 5.17. The minimum atomic E-state index is -3.76. The number of hydrogen-bond donors (Lipinski definition) is 1. The third-order valence-electron chi connectivity index (χ3n) is 4.87. The molecule has 1 amide bonds. The van der Waals surface area contributed by atoms with Crippen molar-refractivity contribution in [3.63, 3.8) is 0 Å². The van der Waals surface area contributed by atoms with E-state index in [0.29, 0.717) is 24.6 Å². The van der Waals surface area contributed by atoms with E-state index in [-0.39, 0.29) is 29.7 Å². The standard InChI is InChI=1S/C19H25N3O5S2/c1-26-16-6-5-15(12-17(16)27-2)29(24,25)21-8-7-18(23)22-10-3-4-14(13-22)19-20-9-11-28-19/h5-6,9,11-12,14,21H,3-4,7-8,10,13H2,1-2H3. The van der Waals surface area contributed by atoms with Crippen molar-refractivity contribution in [3.05, 3.63) is 34.8 Å². The topological polar surface area (TPSA) is 97.8 Å². The van der Waals surface area contributed by atoms with Crippen molar-refractivity contribution in [3.8, 4) is 11.5 Å². The number of thiazole rings is 1. The molecule has 8 nitrogen and oxygen atoms in total. The van der Waals surface area contributed by atoms with Crippen LogP contribution in [0.15, 0.2) is 34.7 Å². The Kier molecular flexibility index (Phi) is 7.09. The fourth-order valence-electron chi connectivity index (χ4n) is 3.36. The summed E-state index contributed by atoms with van der Waals surface area (Å²) in [5.74, 6) is 0.979. The van der Waals surface area contributed by atoms with Gasteiger partial charge in [-0.2, -0.15) is 0 Å². The number of nitrogens with zero attached hydrogens (tertiary/aromatic N) is 2. The van der Waals surface area contributed by atoms with Gasteiger partial charge in [0.15, 0.2) is 11.5 Å². The first-order valence-corrected chi connectivity index (χ1v) is 11.7. The third-order valence-corrected chi connectivity index (χ3v) is 7.27. The van der Waals surface area contributed by atoms with Crippen molar-refractivity contribution < 1.29 is 22.7 Å². The van der Waals surface area contributed by atoms with E-state index in [2.05, 4.69) is 9.71 Å². The van der Waals surface area contributed by atoms with Crippen LogP contribution < -0.4 is 14.2 Å². The molecule has 1 fully saturated rings. The number of benzene rings is 1. The molecule has 1 N–H and O–H groups in total. The number of methoxy groups -OCH3 is 2. The lowest BCUT2D eigenvalue weighted by Crippen LogP contribution is -2.40. The number of rotatable bonds is 8. The van der Waals surface area contributed by atoms with Gasteiger partial charge < -0.3 is 14.4 Å². The van der Waals surface area contributed by atoms with E-state index in [1.807, 2.05) is 5.38 Å². The number of nitrogens with one attached hydrogen (secondary N) is 1. The second-order valence-electron chi connectivity index (χ2n) is 6.71. The number of ether oxygens (including phenoxy) is 2. The van der Waals surface area contributed by atoms with Crippen LogP contribution >= 0.6 is 11.3 Å². The lowest BCUT2D eigenvalue weighted by Gasteiger charge is -2.32. The molecule has 1 atom stereocenters. The molecule has 1 aromatic carbocycles. The highest BCUT2D eigenvalue weighted by molar-refractivity contribution is 7.89.